The van der Waals surface area contributed by atoms with E-state index in [-0.39, 0.29) is 16.0 Å². The first-order chi connectivity index (χ1) is 15.0. The van der Waals surface area contributed by atoms with E-state index in [1.54, 1.807) is 6.92 Å². The third-order valence-electron chi connectivity index (χ3n) is 4.45. The highest BCUT2D eigenvalue weighted by atomic mass is 35.5. The number of hydrogen-bond donors (Lipinski definition) is 2. The molecule has 0 aliphatic heterocycles. The van der Waals surface area contributed by atoms with E-state index < -0.39 is 29.2 Å². The fourth-order valence-corrected chi connectivity index (χ4v) is 3.30. The van der Waals surface area contributed by atoms with E-state index in [9.17, 15) is 22.8 Å². The summed E-state index contributed by atoms with van der Waals surface area (Å²) in [6.07, 6.45) is 1.99. The number of H-pyrrole nitrogens is 1. The molecule has 0 unspecified atom stereocenters. The number of nitrogens with one attached hydrogen (secondary N) is 1. The van der Waals surface area contributed by atoms with Crippen LogP contribution in [0.1, 0.15) is 37.4 Å². The van der Waals surface area contributed by atoms with Crippen molar-refractivity contribution < 1.29 is 32.2 Å². The smallest absolute Gasteiger partial charge is 0.417 e. The summed E-state index contributed by atoms with van der Waals surface area (Å²) >= 11 is 5.86. The highest BCUT2D eigenvalue weighted by molar-refractivity contribution is 6.35. The number of hydrogen-bond acceptors (Lipinski definition) is 5. The van der Waals surface area contributed by atoms with E-state index in [4.69, 9.17) is 23.8 Å². The Balaban J connectivity index is 0.000000235. The van der Waals surface area contributed by atoms with Crippen LogP contribution >= 0.6 is 11.6 Å². The van der Waals surface area contributed by atoms with Crippen molar-refractivity contribution in [1.82, 2.24) is 4.98 Å². The first-order valence-electron chi connectivity index (χ1n) is 8.86. The normalized spacial score (nSPS) is 10.7. The van der Waals surface area contributed by atoms with E-state index in [1.807, 2.05) is 0 Å². The summed E-state index contributed by atoms with van der Waals surface area (Å²) in [5.41, 5.74) is 5.97. The first kappa shape index (κ1) is 24.6. The molecule has 0 atom stereocenters. The van der Waals surface area contributed by atoms with E-state index in [0.29, 0.717) is 22.3 Å². The standard InChI is InChI=1S/C12H10F3NO2.C10H8ClNO2/c1-6-5-8(11(17)18-2)9(12(13,14)15)7-3-4-16-10(6)7;1-3-6-8(12)5-4-7(9(6)11)10(13)14-2/h3-5,16H,1-2H3;1,4-5H,12H2,2H3. The van der Waals surface area contributed by atoms with Crippen molar-refractivity contribution in [3.8, 4) is 12.3 Å². The molecule has 0 aliphatic rings. The molecular formula is C22H18ClF3N2O4. The fraction of sp³-hybridized carbons (Fsp3) is 0.182. The summed E-state index contributed by atoms with van der Waals surface area (Å²) in [5.74, 6) is 0.790. The Morgan fingerprint density at radius 1 is 1.12 bits per heavy atom. The third-order valence-corrected chi connectivity index (χ3v) is 4.85. The average Bonchev–Trinajstić information content (AvgIpc) is 3.22. The maximum atomic E-state index is 13.1. The van der Waals surface area contributed by atoms with Gasteiger partial charge >= 0.3 is 18.1 Å². The van der Waals surface area contributed by atoms with E-state index in [2.05, 4.69) is 20.4 Å². The van der Waals surface area contributed by atoms with Crippen molar-refractivity contribution >= 4 is 40.1 Å². The molecule has 0 saturated heterocycles. The number of nitrogen functional groups attached to an aromatic ring is 1. The van der Waals surface area contributed by atoms with Crippen LogP contribution in [0.3, 0.4) is 0 Å². The highest BCUT2D eigenvalue weighted by Gasteiger charge is 2.38. The molecule has 0 spiro atoms. The quantitative estimate of drug-likeness (QED) is 0.316. The van der Waals surface area contributed by atoms with Crippen LogP contribution in [0.25, 0.3) is 10.9 Å². The molecule has 0 aliphatic carbocycles. The number of terminal acetylenes is 1. The molecule has 6 nitrogen and oxygen atoms in total. The number of rotatable bonds is 2. The molecule has 32 heavy (non-hydrogen) atoms. The number of carbonyl (C=O) groups is 2. The van der Waals surface area contributed by atoms with Crippen LogP contribution in [0.5, 0.6) is 0 Å². The number of nitrogens with two attached hydrogens (primary N) is 1. The second-order valence-electron chi connectivity index (χ2n) is 6.40. The van der Waals surface area contributed by atoms with Crippen LogP contribution < -0.4 is 5.73 Å². The predicted molar refractivity (Wildman–Crippen MR) is 115 cm³/mol. The van der Waals surface area contributed by atoms with Gasteiger partial charge in [-0.1, -0.05) is 17.5 Å². The lowest BCUT2D eigenvalue weighted by molar-refractivity contribution is -0.136. The lowest BCUT2D eigenvalue weighted by atomic mass is 9.99. The second-order valence-corrected chi connectivity index (χ2v) is 6.78. The molecule has 168 valence electrons. The number of alkyl halides is 3. The minimum absolute atomic E-state index is 0.0251. The number of methoxy groups -OCH3 is 2. The van der Waals surface area contributed by atoms with E-state index in [0.717, 1.165) is 7.11 Å². The second kappa shape index (κ2) is 9.66. The van der Waals surface area contributed by atoms with Crippen molar-refractivity contribution in [2.45, 2.75) is 13.1 Å². The molecule has 0 bridgehead atoms. The molecule has 0 saturated carbocycles. The number of aromatic nitrogens is 1. The molecule has 1 aromatic heterocycles. The number of aromatic amines is 1. The van der Waals surface area contributed by atoms with Crippen LogP contribution in [-0.4, -0.2) is 31.1 Å². The number of halogens is 4. The molecule has 10 heteroatoms. The van der Waals surface area contributed by atoms with Gasteiger partial charge in [0.15, 0.2) is 0 Å². The molecule has 3 rings (SSSR count). The van der Waals surface area contributed by atoms with Gasteiger partial charge in [0.2, 0.25) is 0 Å². The van der Waals surface area contributed by atoms with Gasteiger partial charge in [-0.05, 0) is 36.8 Å². The van der Waals surface area contributed by atoms with Crippen LogP contribution in [0.4, 0.5) is 18.9 Å². The van der Waals surface area contributed by atoms with Gasteiger partial charge in [-0.15, -0.1) is 6.42 Å². The predicted octanol–water partition coefficient (Wildman–Crippen LogP) is 4.97. The molecular weight excluding hydrogens is 449 g/mol. The number of esters is 2. The van der Waals surface area contributed by atoms with Crippen molar-refractivity contribution in [1.29, 1.82) is 0 Å². The maximum Gasteiger partial charge on any atom is 0.417 e. The Bertz CT molecular complexity index is 1230. The molecule has 0 fully saturated rings. The van der Waals surface area contributed by atoms with Crippen LogP contribution in [-0.2, 0) is 15.7 Å². The monoisotopic (exact) mass is 466 g/mol. The largest absolute Gasteiger partial charge is 0.465 e. The van der Waals surface area contributed by atoms with Crippen LogP contribution in [0.2, 0.25) is 5.02 Å². The number of carbonyl (C=O) groups excluding carboxylic acids is 2. The molecule has 1 heterocycles. The number of aryl methyl sites for hydroxylation is 1. The van der Waals surface area contributed by atoms with Gasteiger partial charge in [-0.25, -0.2) is 9.59 Å². The van der Waals surface area contributed by atoms with Crippen LogP contribution in [0.15, 0.2) is 30.5 Å². The number of benzene rings is 2. The van der Waals surface area contributed by atoms with Gasteiger partial charge in [0.1, 0.15) is 0 Å². The zero-order valence-electron chi connectivity index (χ0n) is 17.2. The Morgan fingerprint density at radius 2 is 1.72 bits per heavy atom. The number of fused-ring (bicyclic) bond motifs is 1. The van der Waals surface area contributed by atoms with Gasteiger partial charge in [-0.2, -0.15) is 13.2 Å². The lowest BCUT2D eigenvalue weighted by Gasteiger charge is -2.14. The molecule has 3 aromatic rings. The van der Waals surface area contributed by atoms with Crippen molar-refractivity contribution in [3.05, 3.63) is 63.3 Å². The molecule has 0 amide bonds. The van der Waals surface area contributed by atoms with Crippen LogP contribution in [0, 0.1) is 19.3 Å². The van der Waals surface area contributed by atoms with E-state index in [1.165, 1.54) is 37.6 Å². The summed E-state index contributed by atoms with van der Waals surface area (Å²) < 4.78 is 48.1. The van der Waals surface area contributed by atoms with Crippen molar-refractivity contribution in [2.75, 3.05) is 20.0 Å². The van der Waals surface area contributed by atoms with Gasteiger partial charge < -0.3 is 20.2 Å². The Hall–Kier alpha value is -3.64. The summed E-state index contributed by atoms with van der Waals surface area (Å²) in [4.78, 5) is 25.4. The van der Waals surface area contributed by atoms with E-state index >= 15 is 0 Å². The minimum atomic E-state index is -4.61. The van der Waals surface area contributed by atoms with Gasteiger partial charge in [0, 0.05) is 22.8 Å². The third kappa shape index (κ3) is 4.81. The van der Waals surface area contributed by atoms with Gasteiger partial charge in [0.05, 0.1) is 41.5 Å². The average molecular weight is 467 g/mol. The molecule has 0 radical (unpaired) electrons. The maximum absolute atomic E-state index is 13.1. The minimum Gasteiger partial charge on any atom is -0.465 e. The Labute approximate surface area is 186 Å². The SMILES string of the molecule is C#Cc1c(N)ccc(C(=O)OC)c1Cl.COC(=O)c1cc(C)c2[nH]ccc2c1C(F)(F)F. The number of anilines is 1. The summed E-state index contributed by atoms with van der Waals surface area (Å²) in [6, 6.07) is 5.49. The Kier molecular flexibility index (Phi) is 7.44. The molecule has 3 N–H and O–H groups in total. The highest BCUT2D eigenvalue weighted by Crippen LogP contribution is 2.38. The zero-order chi connectivity index (χ0) is 24.2. The summed E-state index contributed by atoms with van der Waals surface area (Å²) in [5, 5.41) is 0.127. The Morgan fingerprint density at radius 3 is 2.25 bits per heavy atom. The molecule has 2 aromatic carbocycles. The topological polar surface area (TPSA) is 94.4 Å². The summed E-state index contributed by atoms with van der Waals surface area (Å²) in [7, 11) is 2.32. The van der Waals surface area contributed by atoms with Crippen molar-refractivity contribution in [2.24, 2.45) is 0 Å². The van der Waals surface area contributed by atoms with Gasteiger partial charge in [0.25, 0.3) is 0 Å². The van der Waals surface area contributed by atoms with Gasteiger partial charge in [-0.3, -0.25) is 0 Å². The number of ether oxygens (including phenoxy) is 2. The lowest BCUT2D eigenvalue weighted by Crippen LogP contribution is -2.15. The van der Waals surface area contributed by atoms with Crippen molar-refractivity contribution in [3.63, 3.8) is 0 Å². The zero-order valence-corrected chi connectivity index (χ0v) is 17.9. The fourth-order valence-electron chi connectivity index (χ4n) is 2.99. The summed E-state index contributed by atoms with van der Waals surface area (Å²) in [6.45, 7) is 1.63. The first-order valence-corrected chi connectivity index (χ1v) is 9.24.